The molecule has 0 radical (unpaired) electrons. The van der Waals surface area contributed by atoms with Crippen LogP contribution in [0.25, 0.3) is 0 Å². The van der Waals surface area contributed by atoms with Gasteiger partial charge in [0.15, 0.2) is 0 Å². The highest BCUT2D eigenvalue weighted by Crippen LogP contribution is 2.31. The molecule has 0 amide bonds. The lowest BCUT2D eigenvalue weighted by atomic mass is 9.88. The molecule has 0 heterocycles. The summed E-state index contributed by atoms with van der Waals surface area (Å²) in [6, 6.07) is 3.52. The Morgan fingerprint density at radius 2 is 1.79 bits per heavy atom. The van der Waals surface area contributed by atoms with Gasteiger partial charge in [0.2, 0.25) is 10.0 Å². The zero-order chi connectivity index (χ0) is 20.3. The number of aliphatic hydroxyl groups excluding tert-OH is 1. The van der Waals surface area contributed by atoms with Gasteiger partial charge in [0.25, 0.3) is 5.69 Å². The number of benzene rings is 1. The first-order chi connectivity index (χ1) is 13.3. The van der Waals surface area contributed by atoms with Crippen LogP contribution >= 0.6 is 0 Å². The highest BCUT2D eigenvalue weighted by atomic mass is 32.2. The molecule has 28 heavy (non-hydrogen) atoms. The first-order valence-electron chi connectivity index (χ1n) is 10.0. The monoisotopic (exact) mass is 411 g/mol. The van der Waals surface area contributed by atoms with Gasteiger partial charge in [0.1, 0.15) is 5.69 Å². The van der Waals surface area contributed by atoms with E-state index in [0.717, 1.165) is 51.0 Å². The van der Waals surface area contributed by atoms with E-state index in [-0.39, 0.29) is 28.4 Å². The van der Waals surface area contributed by atoms with E-state index in [0.29, 0.717) is 12.3 Å². The fourth-order valence-electron chi connectivity index (χ4n) is 4.10. The van der Waals surface area contributed by atoms with Crippen LogP contribution < -0.4 is 10.0 Å². The SMILES string of the molecule is CC1CCC(NS(=O)(=O)c2ccc(N[C@@H]3CCCC[C@@H]3O)c([N+](=O)[O-])c2)CC1. The molecule has 0 bridgehead atoms. The van der Waals surface area contributed by atoms with Crippen LogP contribution in [0.2, 0.25) is 0 Å². The molecule has 2 saturated carbocycles. The van der Waals surface area contributed by atoms with Crippen molar-refractivity contribution in [2.75, 3.05) is 5.32 Å². The Labute approximate surface area is 165 Å². The number of sulfonamides is 1. The van der Waals surface area contributed by atoms with Crippen molar-refractivity contribution >= 4 is 21.4 Å². The van der Waals surface area contributed by atoms with Crippen molar-refractivity contribution < 1.29 is 18.4 Å². The Bertz CT molecular complexity index is 806. The van der Waals surface area contributed by atoms with E-state index >= 15 is 0 Å². The lowest BCUT2D eigenvalue weighted by molar-refractivity contribution is -0.384. The maximum Gasteiger partial charge on any atom is 0.293 e. The Balaban J connectivity index is 1.78. The molecule has 3 N–H and O–H groups in total. The summed E-state index contributed by atoms with van der Waals surface area (Å²) >= 11 is 0. The lowest BCUT2D eigenvalue weighted by Crippen LogP contribution is -2.37. The highest BCUT2D eigenvalue weighted by molar-refractivity contribution is 7.89. The summed E-state index contributed by atoms with van der Waals surface area (Å²) in [5.74, 6) is 0.599. The molecule has 156 valence electrons. The van der Waals surface area contributed by atoms with Gasteiger partial charge in [-0.3, -0.25) is 10.1 Å². The molecule has 0 aromatic heterocycles. The lowest BCUT2D eigenvalue weighted by Gasteiger charge is -2.29. The average molecular weight is 412 g/mol. The van der Waals surface area contributed by atoms with Crippen molar-refractivity contribution in [2.24, 2.45) is 5.92 Å². The number of hydrogen-bond donors (Lipinski definition) is 3. The molecule has 8 nitrogen and oxygen atoms in total. The highest BCUT2D eigenvalue weighted by Gasteiger charge is 2.29. The van der Waals surface area contributed by atoms with Crippen LogP contribution in [0.5, 0.6) is 0 Å². The van der Waals surface area contributed by atoms with Crippen LogP contribution in [0.15, 0.2) is 23.1 Å². The minimum absolute atomic E-state index is 0.104. The molecule has 2 aliphatic carbocycles. The number of anilines is 1. The Kier molecular flexibility index (Phi) is 6.57. The number of nitro benzene ring substituents is 1. The Morgan fingerprint density at radius 1 is 1.11 bits per heavy atom. The number of hydrogen-bond acceptors (Lipinski definition) is 6. The molecule has 0 aliphatic heterocycles. The van der Waals surface area contributed by atoms with Gasteiger partial charge in [0.05, 0.1) is 22.0 Å². The van der Waals surface area contributed by atoms with Gasteiger partial charge in [0, 0.05) is 12.1 Å². The van der Waals surface area contributed by atoms with E-state index in [9.17, 15) is 23.6 Å². The van der Waals surface area contributed by atoms with Gasteiger partial charge in [-0.05, 0) is 56.6 Å². The van der Waals surface area contributed by atoms with Gasteiger partial charge in [-0.2, -0.15) is 0 Å². The maximum atomic E-state index is 12.7. The standard InChI is InChI=1S/C19H29N3O5S/c1-13-6-8-14(9-7-13)21-28(26,27)15-10-11-16(18(12-15)22(24)25)20-17-4-2-3-5-19(17)23/h10-14,17,19-21,23H,2-9H2,1H3/t13?,14?,17-,19+/m1/s1. The Morgan fingerprint density at radius 3 is 2.43 bits per heavy atom. The van der Waals surface area contributed by atoms with Gasteiger partial charge in [-0.15, -0.1) is 0 Å². The molecule has 2 atom stereocenters. The van der Waals surface area contributed by atoms with E-state index in [1.807, 2.05) is 0 Å². The minimum Gasteiger partial charge on any atom is -0.391 e. The van der Waals surface area contributed by atoms with E-state index in [1.54, 1.807) is 0 Å². The predicted octanol–water partition coefficient (Wildman–Crippen LogP) is 3.17. The van der Waals surface area contributed by atoms with E-state index in [4.69, 9.17) is 0 Å². The van der Waals surface area contributed by atoms with Crippen molar-refractivity contribution in [1.82, 2.24) is 4.72 Å². The zero-order valence-corrected chi connectivity index (χ0v) is 17.0. The quantitative estimate of drug-likeness (QED) is 0.488. The zero-order valence-electron chi connectivity index (χ0n) is 16.1. The summed E-state index contributed by atoms with van der Waals surface area (Å²) in [4.78, 5) is 10.8. The first-order valence-corrected chi connectivity index (χ1v) is 11.5. The number of nitro groups is 1. The van der Waals surface area contributed by atoms with Crippen molar-refractivity contribution in [3.63, 3.8) is 0 Å². The molecule has 9 heteroatoms. The van der Waals surface area contributed by atoms with Gasteiger partial charge in [-0.25, -0.2) is 13.1 Å². The smallest absolute Gasteiger partial charge is 0.293 e. The second-order valence-electron chi connectivity index (χ2n) is 8.12. The van der Waals surface area contributed by atoms with E-state index in [2.05, 4.69) is 17.0 Å². The number of aliphatic hydroxyl groups is 1. The van der Waals surface area contributed by atoms with E-state index in [1.165, 1.54) is 12.1 Å². The molecule has 0 saturated heterocycles. The summed E-state index contributed by atoms with van der Waals surface area (Å²) in [5.41, 5.74) is -0.0562. The maximum absolute atomic E-state index is 12.7. The van der Waals surface area contributed by atoms with Crippen molar-refractivity contribution in [3.05, 3.63) is 28.3 Å². The molecular weight excluding hydrogens is 382 g/mol. The molecule has 3 rings (SSSR count). The van der Waals surface area contributed by atoms with Crippen molar-refractivity contribution in [1.29, 1.82) is 0 Å². The molecular formula is C19H29N3O5S. The second-order valence-corrected chi connectivity index (χ2v) is 9.83. The minimum atomic E-state index is -3.83. The first kappa shape index (κ1) is 21.0. The van der Waals surface area contributed by atoms with E-state index < -0.39 is 21.1 Å². The van der Waals surface area contributed by atoms with Crippen LogP contribution in [0.1, 0.15) is 58.3 Å². The molecule has 2 aliphatic rings. The molecule has 0 unspecified atom stereocenters. The van der Waals surface area contributed by atoms with Gasteiger partial charge < -0.3 is 10.4 Å². The molecule has 2 fully saturated rings. The van der Waals surface area contributed by atoms with Crippen LogP contribution in [0.4, 0.5) is 11.4 Å². The normalized spacial score (nSPS) is 28.6. The summed E-state index contributed by atoms with van der Waals surface area (Å²) in [6.45, 7) is 2.16. The van der Waals surface area contributed by atoms with Crippen molar-refractivity contribution in [3.8, 4) is 0 Å². The third kappa shape index (κ3) is 5.01. The third-order valence-corrected chi connectivity index (χ3v) is 7.40. The van der Waals surface area contributed by atoms with Crippen LogP contribution in [-0.2, 0) is 10.0 Å². The summed E-state index contributed by atoms with van der Waals surface area (Å²) in [7, 11) is -3.83. The predicted molar refractivity (Wildman–Crippen MR) is 107 cm³/mol. The van der Waals surface area contributed by atoms with Gasteiger partial charge in [-0.1, -0.05) is 19.8 Å². The Hall–Kier alpha value is -1.71. The van der Waals surface area contributed by atoms with Gasteiger partial charge >= 0.3 is 0 Å². The fraction of sp³-hybridized carbons (Fsp3) is 0.684. The topological polar surface area (TPSA) is 122 Å². The van der Waals surface area contributed by atoms with Crippen LogP contribution in [-0.4, -0.2) is 36.6 Å². The van der Waals surface area contributed by atoms with Crippen LogP contribution in [0.3, 0.4) is 0 Å². The number of nitrogens with one attached hydrogen (secondary N) is 2. The largest absolute Gasteiger partial charge is 0.391 e. The molecule has 1 aromatic carbocycles. The third-order valence-electron chi connectivity index (χ3n) is 5.88. The summed E-state index contributed by atoms with van der Waals surface area (Å²) < 4.78 is 28.1. The molecule has 1 aromatic rings. The number of nitrogens with zero attached hydrogens (tertiary/aromatic N) is 1. The summed E-state index contributed by atoms with van der Waals surface area (Å²) in [5, 5.41) is 24.7. The van der Waals surface area contributed by atoms with Crippen LogP contribution in [0, 0.1) is 16.0 Å². The molecule has 0 spiro atoms. The average Bonchev–Trinajstić information content (AvgIpc) is 2.65. The fourth-order valence-corrected chi connectivity index (χ4v) is 5.42. The van der Waals surface area contributed by atoms with Crippen molar-refractivity contribution in [2.45, 2.75) is 81.4 Å². The second kappa shape index (κ2) is 8.75. The summed E-state index contributed by atoms with van der Waals surface area (Å²) in [6.07, 6.45) is 6.20. The number of rotatable bonds is 6.